The van der Waals surface area contributed by atoms with Crippen molar-refractivity contribution in [2.45, 2.75) is 55.0 Å². The molecule has 15 heteroatoms. The third kappa shape index (κ3) is 8.18. The lowest BCUT2D eigenvalue weighted by Gasteiger charge is -2.44. The topological polar surface area (TPSA) is 172 Å². The standard InChI is InChI=1S/C14H25NO9.5H2S/c1-23-14-8(12(21)11(20)7(4-17)24-14)15-6-2-5(3-16)9(18)13(22)10(6)19;;;;;/h2,6-22H,3-4H2,1H3;5*1H2/t6?,7?,8-,9-,10+,11-,12?,13?,14+;;;;;/m1...../s1. The van der Waals surface area contributed by atoms with Gasteiger partial charge in [-0.05, 0) is 5.57 Å². The van der Waals surface area contributed by atoms with E-state index in [9.17, 15) is 30.6 Å². The second kappa shape index (κ2) is 16.7. The van der Waals surface area contributed by atoms with E-state index in [-0.39, 0.29) is 73.1 Å². The maximum atomic E-state index is 10.3. The Morgan fingerprint density at radius 1 is 0.897 bits per heavy atom. The van der Waals surface area contributed by atoms with Gasteiger partial charge in [0.05, 0.1) is 25.3 Å². The fourth-order valence-electron chi connectivity index (χ4n) is 3.02. The molecule has 0 aromatic carbocycles. The Kier molecular flexibility index (Phi) is 21.5. The van der Waals surface area contributed by atoms with Gasteiger partial charge in [0.25, 0.3) is 0 Å². The largest absolute Gasteiger partial charge is 0.394 e. The zero-order valence-electron chi connectivity index (χ0n) is 15.6. The van der Waals surface area contributed by atoms with Crippen molar-refractivity contribution in [3.05, 3.63) is 11.6 Å². The van der Waals surface area contributed by atoms with Crippen molar-refractivity contribution in [2.24, 2.45) is 0 Å². The Morgan fingerprint density at radius 2 is 1.45 bits per heavy atom. The predicted molar refractivity (Wildman–Crippen MR) is 131 cm³/mol. The Balaban J connectivity index is -0.000000625. The Labute approximate surface area is 204 Å². The highest BCUT2D eigenvalue weighted by atomic mass is 32.1. The second-order valence-corrected chi connectivity index (χ2v) is 5.99. The van der Waals surface area contributed by atoms with E-state index < -0.39 is 68.2 Å². The van der Waals surface area contributed by atoms with Crippen LogP contribution in [0.1, 0.15) is 0 Å². The maximum absolute atomic E-state index is 10.3. The van der Waals surface area contributed by atoms with Crippen LogP contribution in [0.15, 0.2) is 11.6 Å². The molecule has 10 nitrogen and oxygen atoms in total. The van der Waals surface area contributed by atoms with Crippen LogP contribution < -0.4 is 5.32 Å². The summed E-state index contributed by atoms with van der Waals surface area (Å²) in [4.78, 5) is 0. The number of methoxy groups -OCH3 is 1. The van der Waals surface area contributed by atoms with Gasteiger partial charge in [-0.1, -0.05) is 6.08 Å². The molecule has 1 saturated heterocycles. The van der Waals surface area contributed by atoms with Crippen molar-refractivity contribution >= 4 is 67.5 Å². The lowest BCUT2D eigenvalue weighted by molar-refractivity contribution is -0.265. The molecule has 0 bridgehead atoms. The van der Waals surface area contributed by atoms with Crippen LogP contribution in [0.2, 0.25) is 0 Å². The second-order valence-electron chi connectivity index (χ2n) is 5.99. The van der Waals surface area contributed by atoms with Crippen LogP contribution in [0, 0.1) is 0 Å². The van der Waals surface area contributed by atoms with Gasteiger partial charge in [-0.15, -0.1) is 0 Å². The number of nitrogens with one attached hydrogen (secondary N) is 1. The van der Waals surface area contributed by atoms with E-state index in [0.717, 1.165) is 0 Å². The lowest BCUT2D eigenvalue weighted by atomic mass is 9.87. The predicted octanol–water partition coefficient (Wildman–Crippen LogP) is -4.02. The summed E-state index contributed by atoms with van der Waals surface area (Å²) in [6.07, 6.45) is -7.87. The molecule has 29 heavy (non-hydrogen) atoms. The SMILES string of the molecule is CO[C@H]1OC(CO)[C@@H](O)C(O)[C@H]1NC1C=C(CO)[C@@H](O)C(O)[C@H]1O.S.S.S.S.S. The summed E-state index contributed by atoms with van der Waals surface area (Å²) >= 11 is 0. The molecule has 1 aliphatic carbocycles. The number of hydrogen-bond acceptors (Lipinski definition) is 10. The van der Waals surface area contributed by atoms with Crippen LogP contribution in [0.4, 0.5) is 0 Å². The molecule has 2 aliphatic rings. The van der Waals surface area contributed by atoms with Crippen LogP contribution in [0.5, 0.6) is 0 Å². The molecule has 0 aromatic rings. The van der Waals surface area contributed by atoms with Crippen LogP contribution in [-0.2, 0) is 9.47 Å². The van der Waals surface area contributed by atoms with E-state index in [0.29, 0.717) is 0 Å². The molecule has 4 unspecified atom stereocenters. The molecule has 1 heterocycles. The molecular formula is C14H35NO9S5. The average Bonchev–Trinajstić information content (AvgIpc) is 2.59. The van der Waals surface area contributed by atoms with E-state index in [1.807, 2.05) is 0 Å². The molecule has 1 fully saturated rings. The zero-order chi connectivity index (χ0) is 18.0. The van der Waals surface area contributed by atoms with Gasteiger partial charge in [-0.25, -0.2) is 0 Å². The van der Waals surface area contributed by atoms with Crippen molar-refractivity contribution in [1.29, 1.82) is 0 Å². The normalized spacial score (nSPS) is 38.6. The first-order valence-corrected chi connectivity index (χ1v) is 7.62. The molecule has 0 radical (unpaired) electrons. The quantitative estimate of drug-likeness (QED) is 0.167. The summed E-state index contributed by atoms with van der Waals surface area (Å²) in [5.74, 6) is 0. The summed E-state index contributed by atoms with van der Waals surface area (Å²) in [5, 5.41) is 71.1. The third-order valence-corrected chi connectivity index (χ3v) is 4.50. The van der Waals surface area contributed by atoms with E-state index in [1.165, 1.54) is 13.2 Å². The van der Waals surface area contributed by atoms with E-state index in [1.54, 1.807) is 0 Å². The van der Waals surface area contributed by atoms with Crippen molar-refractivity contribution < 1.29 is 45.2 Å². The minimum atomic E-state index is -1.53. The van der Waals surface area contributed by atoms with E-state index in [4.69, 9.17) is 14.6 Å². The highest BCUT2D eigenvalue weighted by Crippen LogP contribution is 2.25. The summed E-state index contributed by atoms with van der Waals surface area (Å²) in [6, 6.07) is -1.93. The van der Waals surface area contributed by atoms with Crippen LogP contribution in [0.3, 0.4) is 0 Å². The van der Waals surface area contributed by atoms with Gasteiger partial charge in [0, 0.05) is 7.11 Å². The maximum Gasteiger partial charge on any atom is 0.175 e. The number of ether oxygens (including phenoxy) is 2. The molecule has 0 amide bonds. The Bertz CT molecular complexity index is 465. The number of hydrogen-bond donors (Lipinski definition) is 8. The molecule has 0 aromatic heterocycles. The summed E-state index contributed by atoms with van der Waals surface area (Å²) in [6.45, 7) is -1.04. The van der Waals surface area contributed by atoms with Gasteiger partial charge in [0.2, 0.25) is 0 Å². The smallest absolute Gasteiger partial charge is 0.175 e. The number of aliphatic hydroxyl groups is 7. The van der Waals surface area contributed by atoms with Crippen molar-refractivity contribution in [1.82, 2.24) is 5.32 Å². The van der Waals surface area contributed by atoms with E-state index >= 15 is 0 Å². The average molecular weight is 522 g/mol. The first kappa shape index (κ1) is 37.4. The molecule has 1 aliphatic heterocycles. The summed E-state index contributed by atoms with van der Waals surface area (Å²) in [5.41, 5.74) is 0.110. The monoisotopic (exact) mass is 521 g/mol. The molecule has 180 valence electrons. The highest BCUT2D eigenvalue weighted by Gasteiger charge is 2.47. The molecule has 8 N–H and O–H groups in total. The fraction of sp³-hybridized carbons (Fsp3) is 0.857. The lowest BCUT2D eigenvalue weighted by Crippen LogP contribution is -2.67. The van der Waals surface area contributed by atoms with E-state index in [2.05, 4.69) is 5.32 Å². The fourth-order valence-corrected chi connectivity index (χ4v) is 3.02. The minimum Gasteiger partial charge on any atom is -0.394 e. The summed E-state index contributed by atoms with van der Waals surface area (Å²) < 4.78 is 10.5. The van der Waals surface area contributed by atoms with Gasteiger partial charge in [0.1, 0.15) is 36.6 Å². The van der Waals surface area contributed by atoms with Crippen molar-refractivity contribution in [3.8, 4) is 0 Å². The first-order chi connectivity index (χ1) is 11.3. The van der Waals surface area contributed by atoms with Gasteiger partial charge in [0.15, 0.2) is 6.29 Å². The van der Waals surface area contributed by atoms with Gasteiger partial charge < -0.3 is 45.2 Å². The van der Waals surface area contributed by atoms with Crippen LogP contribution >= 0.6 is 67.5 Å². The first-order valence-electron chi connectivity index (χ1n) is 7.62. The van der Waals surface area contributed by atoms with Crippen LogP contribution in [-0.4, -0.2) is 111 Å². The Hall–Kier alpha value is 1.09. The number of rotatable bonds is 5. The molecular weight excluding hydrogens is 486 g/mol. The molecule has 2 rings (SSSR count). The highest BCUT2D eigenvalue weighted by molar-refractivity contribution is 7.60. The Morgan fingerprint density at radius 3 is 1.90 bits per heavy atom. The molecule has 9 atom stereocenters. The van der Waals surface area contributed by atoms with Crippen LogP contribution in [0.25, 0.3) is 0 Å². The van der Waals surface area contributed by atoms with Crippen molar-refractivity contribution in [2.75, 3.05) is 20.3 Å². The summed E-state index contributed by atoms with van der Waals surface area (Å²) in [7, 11) is 1.31. The van der Waals surface area contributed by atoms with Gasteiger partial charge in [-0.3, -0.25) is 5.32 Å². The molecule has 0 spiro atoms. The zero-order valence-corrected chi connectivity index (χ0v) is 20.6. The van der Waals surface area contributed by atoms with Crippen molar-refractivity contribution in [3.63, 3.8) is 0 Å². The number of aliphatic hydroxyl groups excluding tert-OH is 7. The minimum absolute atomic E-state index is 0. The molecule has 0 saturated carbocycles. The third-order valence-electron chi connectivity index (χ3n) is 4.50. The van der Waals surface area contributed by atoms with Gasteiger partial charge in [-0.2, -0.15) is 67.5 Å². The van der Waals surface area contributed by atoms with Gasteiger partial charge >= 0.3 is 0 Å².